The number of nitrogens with zero attached hydrogens (tertiary/aromatic N) is 3. The van der Waals surface area contributed by atoms with Crippen LogP contribution in [0.25, 0.3) is 11.1 Å². The van der Waals surface area contributed by atoms with Crippen LogP contribution in [0.15, 0.2) is 53.5 Å². The Bertz CT molecular complexity index is 1210. The zero-order valence-electron chi connectivity index (χ0n) is 16.6. The van der Waals surface area contributed by atoms with Crippen molar-refractivity contribution >= 4 is 5.91 Å². The molecule has 0 spiro atoms. The average Bonchev–Trinajstić information content (AvgIpc) is 3.67. The van der Waals surface area contributed by atoms with Gasteiger partial charge >= 0.3 is 5.69 Å². The molecule has 2 fully saturated rings. The quantitative estimate of drug-likeness (QED) is 0.711. The number of amides is 1. The molecule has 6 nitrogen and oxygen atoms in total. The topological polar surface area (TPSA) is 67.5 Å². The SMILES string of the molecule is O=C1c2ccc(-c3ccc(Cn4cc(O)n(C5CC5)c4=O)cc3)cc2CN1C1CC1. The van der Waals surface area contributed by atoms with Crippen molar-refractivity contribution in [2.24, 2.45) is 0 Å². The van der Waals surface area contributed by atoms with Gasteiger partial charge in [-0.1, -0.05) is 30.3 Å². The summed E-state index contributed by atoms with van der Waals surface area (Å²) in [7, 11) is 0. The van der Waals surface area contributed by atoms with E-state index in [4.69, 9.17) is 0 Å². The zero-order valence-corrected chi connectivity index (χ0v) is 16.6. The van der Waals surface area contributed by atoms with E-state index in [0.29, 0.717) is 12.6 Å². The summed E-state index contributed by atoms with van der Waals surface area (Å²) in [5.74, 6) is 0.216. The summed E-state index contributed by atoms with van der Waals surface area (Å²) < 4.78 is 3.06. The molecule has 3 aromatic rings. The minimum atomic E-state index is -0.150. The van der Waals surface area contributed by atoms with E-state index in [1.54, 1.807) is 4.57 Å². The number of imidazole rings is 1. The van der Waals surface area contributed by atoms with Gasteiger partial charge in [0.25, 0.3) is 5.91 Å². The first-order valence-electron chi connectivity index (χ1n) is 10.6. The van der Waals surface area contributed by atoms with Crippen LogP contribution in [-0.4, -0.2) is 31.1 Å². The summed E-state index contributed by atoms with van der Waals surface area (Å²) in [6.07, 6.45) is 5.68. The van der Waals surface area contributed by atoms with Crippen LogP contribution in [0.3, 0.4) is 0 Å². The Balaban J connectivity index is 1.23. The Morgan fingerprint density at radius 1 is 0.900 bits per heavy atom. The molecule has 6 heteroatoms. The second-order valence-electron chi connectivity index (χ2n) is 8.73. The van der Waals surface area contributed by atoms with Crippen molar-refractivity contribution in [1.82, 2.24) is 14.0 Å². The van der Waals surface area contributed by atoms with Crippen LogP contribution in [0, 0.1) is 0 Å². The molecule has 2 saturated carbocycles. The predicted molar refractivity (Wildman–Crippen MR) is 113 cm³/mol. The summed E-state index contributed by atoms with van der Waals surface area (Å²) >= 11 is 0. The number of fused-ring (bicyclic) bond motifs is 1. The maximum absolute atomic E-state index is 12.5. The van der Waals surface area contributed by atoms with Gasteiger partial charge in [0.1, 0.15) is 0 Å². The fourth-order valence-corrected chi connectivity index (χ4v) is 4.49. The second kappa shape index (κ2) is 6.36. The zero-order chi connectivity index (χ0) is 20.4. The van der Waals surface area contributed by atoms with Gasteiger partial charge in [-0.25, -0.2) is 4.79 Å². The van der Waals surface area contributed by atoms with Crippen LogP contribution in [0.5, 0.6) is 5.88 Å². The highest BCUT2D eigenvalue weighted by molar-refractivity contribution is 5.99. The Hall–Kier alpha value is -3.28. The molecule has 2 heterocycles. The summed E-state index contributed by atoms with van der Waals surface area (Å²) in [5, 5.41) is 10.1. The first-order chi connectivity index (χ1) is 14.6. The summed E-state index contributed by atoms with van der Waals surface area (Å²) in [6.45, 7) is 1.15. The average molecular weight is 401 g/mol. The van der Waals surface area contributed by atoms with Crippen LogP contribution >= 0.6 is 0 Å². The number of rotatable bonds is 5. The van der Waals surface area contributed by atoms with Crippen LogP contribution in [0.2, 0.25) is 0 Å². The van der Waals surface area contributed by atoms with E-state index in [9.17, 15) is 14.7 Å². The van der Waals surface area contributed by atoms with Crippen molar-refractivity contribution in [3.8, 4) is 17.0 Å². The largest absolute Gasteiger partial charge is 0.493 e. The molecule has 0 saturated heterocycles. The van der Waals surface area contributed by atoms with Crippen molar-refractivity contribution < 1.29 is 9.90 Å². The predicted octanol–water partition coefficient (Wildman–Crippen LogP) is 3.52. The van der Waals surface area contributed by atoms with E-state index in [2.05, 4.69) is 18.2 Å². The van der Waals surface area contributed by atoms with Gasteiger partial charge in [-0.05, 0) is 60.1 Å². The summed E-state index contributed by atoms with van der Waals surface area (Å²) in [6, 6.07) is 14.8. The monoisotopic (exact) mass is 401 g/mol. The van der Waals surface area contributed by atoms with E-state index in [-0.39, 0.29) is 23.5 Å². The van der Waals surface area contributed by atoms with E-state index in [0.717, 1.165) is 60.0 Å². The molecule has 30 heavy (non-hydrogen) atoms. The van der Waals surface area contributed by atoms with E-state index >= 15 is 0 Å². The lowest BCUT2D eigenvalue weighted by Crippen LogP contribution is -2.25. The molecule has 0 unspecified atom stereocenters. The fourth-order valence-electron chi connectivity index (χ4n) is 4.49. The number of hydrogen-bond acceptors (Lipinski definition) is 3. The van der Waals surface area contributed by atoms with Crippen LogP contribution < -0.4 is 5.69 Å². The highest BCUT2D eigenvalue weighted by atomic mass is 16.3. The highest BCUT2D eigenvalue weighted by Gasteiger charge is 2.38. The molecule has 6 rings (SSSR count). The van der Waals surface area contributed by atoms with Gasteiger partial charge in [0.2, 0.25) is 5.88 Å². The molecule has 1 aromatic heterocycles. The van der Waals surface area contributed by atoms with Crippen molar-refractivity contribution in [2.45, 2.75) is 50.9 Å². The number of aromatic nitrogens is 2. The number of aromatic hydroxyl groups is 1. The molecule has 1 amide bonds. The maximum atomic E-state index is 12.5. The third kappa shape index (κ3) is 2.86. The van der Waals surface area contributed by atoms with E-state index in [1.165, 1.54) is 10.8 Å². The van der Waals surface area contributed by atoms with Crippen molar-refractivity contribution in [1.29, 1.82) is 0 Å². The van der Waals surface area contributed by atoms with Gasteiger partial charge in [0, 0.05) is 24.2 Å². The molecule has 1 N–H and O–H groups in total. The van der Waals surface area contributed by atoms with Crippen molar-refractivity contribution in [2.75, 3.05) is 0 Å². The molecule has 0 radical (unpaired) electrons. The molecule has 152 valence electrons. The number of carbonyl (C=O) groups is 1. The standard InChI is InChI=1S/C24H23N3O3/c28-22-14-25(24(30)27(22)20-8-9-20)12-15-1-3-16(4-2-15)17-5-10-21-18(11-17)13-26(23(21)29)19-6-7-19/h1-5,10-11,14,19-20,28H,6-9,12-13H2. The Labute approximate surface area is 174 Å². The van der Waals surface area contributed by atoms with Crippen LogP contribution in [-0.2, 0) is 13.1 Å². The first-order valence-corrected chi connectivity index (χ1v) is 10.6. The number of benzene rings is 2. The number of hydrogen-bond donors (Lipinski definition) is 1. The van der Waals surface area contributed by atoms with Crippen LogP contribution in [0.4, 0.5) is 0 Å². The van der Waals surface area contributed by atoms with Gasteiger partial charge < -0.3 is 10.0 Å². The van der Waals surface area contributed by atoms with Gasteiger partial charge in [-0.2, -0.15) is 0 Å². The third-order valence-corrected chi connectivity index (χ3v) is 6.45. The molecular weight excluding hydrogens is 378 g/mol. The fraction of sp³-hybridized carbons (Fsp3) is 0.333. The second-order valence-corrected chi connectivity index (χ2v) is 8.73. The Morgan fingerprint density at radius 3 is 2.30 bits per heavy atom. The molecule has 2 aliphatic carbocycles. The highest BCUT2D eigenvalue weighted by Crippen LogP contribution is 2.37. The normalized spacial score (nSPS) is 18.1. The molecule has 3 aliphatic rings. The van der Waals surface area contributed by atoms with E-state index in [1.807, 2.05) is 29.2 Å². The lowest BCUT2D eigenvalue weighted by Gasteiger charge is -2.13. The first kappa shape index (κ1) is 17.6. The molecule has 0 atom stereocenters. The lowest BCUT2D eigenvalue weighted by atomic mass is 9.99. The lowest BCUT2D eigenvalue weighted by molar-refractivity contribution is 0.0766. The minimum absolute atomic E-state index is 0.0482. The smallest absolute Gasteiger partial charge is 0.331 e. The Morgan fingerprint density at radius 2 is 1.60 bits per heavy atom. The molecule has 1 aliphatic heterocycles. The molecule has 0 bridgehead atoms. The maximum Gasteiger partial charge on any atom is 0.331 e. The van der Waals surface area contributed by atoms with Gasteiger partial charge in [0.15, 0.2) is 0 Å². The van der Waals surface area contributed by atoms with Crippen molar-refractivity contribution in [3.63, 3.8) is 0 Å². The number of carbonyl (C=O) groups excluding carboxylic acids is 1. The summed E-state index contributed by atoms with van der Waals surface area (Å²) in [4.78, 5) is 27.0. The van der Waals surface area contributed by atoms with Crippen LogP contribution in [0.1, 0.15) is 53.2 Å². The molecule has 2 aromatic carbocycles. The van der Waals surface area contributed by atoms with Crippen molar-refractivity contribution in [3.05, 3.63) is 75.8 Å². The van der Waals surface area contributed by atoms with E-state index < -0.39 is 0 Å². The summed E-state index contributed by atoms with van der Waals surface area (Å²) in [5.41, 5.74) is 4.98. The van der Waals surface area contributed by atoms with Gasteiger partial charge in [-0.3, -0.25) is 13.9 Å². The third-order valence-electron chi connectivity index (χ3n) is 6.45. The minimum Gasteiger partial charge on any atom is -0.493 e. The van der Waals surface area contributed by atoms with Gasteiger partial charge in [-0.15, -0.1) is 0 Å². The van der Waals surface area contributed by atoms with Gasteiger partial charge in [0.05, 0.1) is 12.7 Å². The molecular formula is C24H23N3O3. The Kier molecular flexibility index (Phi) is 3.72.